The summed E-state index contributed by atoms with van der Waals surface area (Å²) >= 11 is 1.72. The van der Waals surface area contributed by atoms with Gasteiger partial charge >= 0.3 is 0 Å². The molecule has 1 heterocycles. The zero-order valence-corrected chi connectivity index (χ0v) is 10.7. The minimum atomic E-state index is 0.728. The average molecular weight is 223 g/mol. The highest BCUT2D eigenvalue weighted by molar-refractivity contribution is 8.25. The maximum absolute atomic E-state index is 4.45. The third-order valence-electron chi connectivity index (χ3n) is 3.39. The molecule has 0 radical (unpaired) electrons. The van der Waals surface area contributed by atoms with Crippen LogP contribution in [0, 0.1) is 17.8 Å². The molecule has 0 spiro atoms. The van der Waals surface area contributed by atoms with Crippen LogP contribution in [0.5, 0.6) is 0 Å². The monoisotopic (exact) mass is 223 g/mol. The van der Waals surface area contributed by atoms with Crippen LogP contribution < -0.4 is 0 Å². The molecular weight excluding hydrogens is 204 g/mol. The number of rotatable bonds is 1. The van der Waals surface area contributed by atoms with Crippen molar-refractivity contribution in [2.75, 3.05) is 14.1 Å². The Kier molecular flexibility index (Phi) is 3.01. The van der Waals surface area contributed by atoms with E-state index in [1.54, 1.807) is 11.8 Å². The largest absolute Gasteiger partial charge is 0.265 e. The predicted octanol–water partition coefficient (Wildman–Crippen LogP) is 2.61. The van der Waals surface area contributed by atoms with Crippen LogP contribution in [0.2, 0.25) is 0 Å². The van der Waals surface area contributed by atoms with Crippen LogP contribution in [0.3, 0.4) is 0 Å². The molecule has 0 saturated heterocycles. The zero-order chi connectivity index (χ0) is 11.0. The van der Waals surface area contributed by atoms with Crippen molar-refractivity contribution in [1.29, 1.82) is 0 Å². The van der Waals surface area contributed by atoms with E-state index in [2.05, 4.69) is 43.6 Å². The Hall–Kier alpha value is -0.570. The number of hydrogen-bond donors (Lipinski definition) is 0. The molecule has 2 atom stereocenters. The summed E-state index contributed by atoms with van der Waals surface area (Å²) in [7, 11) is 4.16. The van der Waals surface area contributed by atoms with Gasteiger partial charge in [0.2, 0.25) is 0 Å². The van der Waals surface area contributed by atoms with Crippen molar-refractivity contribution >= 4 is 22.4 Å². The first-order valence-corrected chi connectivity index (χ1v) is 6.43. The Balaban J connectivity index is 2.19. The van der Waals surface area contributed by atoms with Crippen LogP contribution in [0.1, 0.15) is 20.3 Å². The second-order valence-corrected chi connectivity index (χ2v) is 5.70. The maximum Gasteiger partial charge on any atom is 0.265 e. The maximum atomic E-state index is 4.45. The van der Waals surface area contributed by atoms with Crippen LogP contribution in [-0.4, -0.2) is 29.3 Å². The normalized spacial score (nSPS) is 37.2. The molecule has 15 heavy (non-hydrogen) atoms. The molecule has 0 amide bonds. The van der Waals surface area contributed by atoms with E-state index in [0.717, 1.165) is 17.8 Å². The summed E-state index contributed by atoms with van der Waals surface area (Å²) in [5, 5.41) is 1.28. The van der Waals surface area contributed by atoms with Gasteiger partial charge in [-0.15, -0.1) is 0 Å². The Morgan fingerprint density at radius 2 is 2.07 bits per heavy atom. The average Bonchev–Trinajstić information content (AvgIpc) is 2.62. The summed E-state index contributed by atoms with van der Waals surface area (Å²) in [6.45, 7) is 4.67. The fourth-order valence-electron chi connectivity index (χ4n) is 2.47. The van der Waals surface area contributed by atoms with E-state index in [1.165, 1.54) is 17.2 Å². The van der Waals surface area contributed by atoms with Crippen LogP contribution in [0.25, 0.3) is 0 Å². The van der Waals surface area contributed by atoms with Gasteiger partial charge in [-0.2, -0.15) is 0 Å². The number of thioether (sulfide) groups is 1. The summed E-state index contributed by atoms with van der Waals surface area (Å²) in [5.74, 6) is 2.39. The fraction of sp³-hybridized carbons (Fsp3) is 0.667. The summed E-state index contributed by atoms with van der Waals surface area (Å²) in [6.07, 6.45) is 3.73. The number of hydrogen-bond acceptors (Lipinski definition) is 2. The lowest BCUT2D eigenvalue weighted by Gasteiger charge is -2.39. The molecule has 0 N–H and O–H groups in total. The lowest BCUT2D eigenvalue weighted by atomic mass is 9.66. The first kappa shape index (κ1) is 10.9. The van der Waals surface area contributed by atoms with E-state index in [9.17, 15) is 0 Å². The molecule has 0 aromatic rings. The van der Waals surface area contributed by atoms with E-state index < -0.39 is 0 Å². The Morgan fingerprint density at radius 1 is 1.40 bits per heavy atom. The molecule has 0 aromatic heterocycles. The van der Waals surface area contributed by atoms with Crippen LogP contribution in [0.4, 0.5) is 0 Å². The summed E-state index contributed by atoms with van der Waals surface area (Å²) < 4.78 is 2.15. The van der Waals surface area contributed by atoms with Crippen molar-refractivity contribution in [3.63, 3.8) is 0 Å². The van der Waals surface area contributed by atoms with E-state index in [0.29, 0.717) is 0 Å². The van der Waals surface area contributed by atoms with Crippen LogP contribution >= 0.6 is 11.8 Å². The molecule has 82 valence electrons. The predicted molar refractivity (Wildman–Crippen MR) is 67.7 cm³/mol. The van der Waals surface area contributed by atoms with Crippen LogP contribution in [0.15, 0.2) is 16.8 Å². The van der Waals surface area contributed by atoms with Crippen molar-refractivity contribution in [3.05, 3.63) is 11.8 Å². The smallest absolute Gasteiger partial charge is 0.242 e. The summed E-state index contributed by atoms with van der Waals surface area (Å²) in [5.41, 5.74) is 3.11. The minimum Gasteiger partial charge on any atom is -0.242 e. The molecule has 1 saturated carbocycles. The van der Waals surface area contributed by atoms with Crippen molar-refractivity contribution < 1.29 is 4.58 Å². The van der Waals surface area contributed by atoms with Gasteiger partial charge in [0.15, 0.2) is 0 Å². The second kappa shape index (κ2) is 4.12. The second-order valence-electron chi connectivity index (χ2n) is 4.87. The van der Waals surface area contributed by atoms with Crippen molar-refractivity contribution in [2.45, 2.75) is 20.3 Å². The molecule has 1 fully saturated rings. The lowest BCUT2D eigenvalue weighted by Crippen LogP contribution is -2.31. The Labute approximate surface area is 96.2 Å². The third-order valence-corrected chi connectivity index (χ3v) is 4.40. The molecule has 2 unspecified atom stereocenters. The molecule has 3 heteroatoms. The summed E-state index contributed by atoms with van der Waals surface area (Å²) in [4.78, 5) is 4.45. The van der Waals surface area contributed by atoms with E-state index in [-0.39, 0.29) is 0 Å². The molecule has 1 aliphatic heterocycles. The van der Waals surface area contributed by atoms with Crippen molar-refractivity contribution in [3.8, 4) is 0 Å². The summed E-state index contributed by atoms with van der Waals surface area (Å²) in [6, 6.07) is 0. The van der Waals surface area contributed by atoms with Gasteiger partial charge in [0.25, 0.3) is 5.04 Å². The topological polar surface area (TPSA) is 15.4 Å². The van der Waals surface area contributed by atoms with Gasteiger partial charge in [-0.25, -0.2) is 9.57 Å². The Morgan fingerprint density at radius 3 is 2.60 bits per heavy atom. The Bertz CT molecular complexity index is 343. The molecule has 0 bridgehead atoms. The lowest BCUT2D eigenvalue weighted by molar-refractivity contribution is -0.460. The first-order chi connectivity index (χ1) is 7.09. The molecular formula is C12H19N2S+. The molecule has 2 nitrogen and oxygen atoms in total. The molecule has 2 aliphatic rings. The van der Waals surface area contributed by atoms with Gasteiger partial charge in [0, 0.05) is 0 Å². The number of nitrogens with zero attached hydrogens (tertiary/aromatic N) is 2. The fourth-order valence-corrected chi connectivity index (χ4v) is 3.19. The first-order valence-electron chi connectivity index (χ1n) is 5.55. The standard InChI is InChI=1S/C12H19N2S/c1-8-5-9(2)10(8)6-11-12(14(3)4)15-7-13-11/h6-10H,5H2,1-4H3/q+1/b11-6+. The van der Waals surface area contributed by atoms with Gasteiger partial charge in [-0.1, -0.05) is 13.8 Å². The van der Waals surface area contributed by atoms with Gasteiger partial charge in [0.1, 0.15) is 19.8 Å². The highest BCUT2D eigenvalue weighted by atomic mass is 32.2. The van der Waals surface area contributed by atoms with E-state index in [4.69, 9.17) is 0 Å². The minimum absolute atomic E-state index is 0.728. The van der Waals surface area contributed by atoms with Gasteiger partial charge in [0.05, 0.1) is 5.55 Å². The zero-order valence-electron chi connectivity index (χ0n) is 9.90. The van der Waals surface area contributed by atoms with E-state index in [1.807, 2.05) is 5.55 Å². The van der Waals surface area contributed by atoms with Crippen molar-refractivity contribution in [1.82, 2.24) is 0 Å². The highest BCUT2D eigenvalue weighted by Gasteiger charge is 2.34. The number of aliphatic imine (C=N–C) groups is 1. The molecule has 1 aliphatic carbocycles. The number of allylic oxidation sites excluding steroid dienone is 1. The van der Waals surface area contributed by atoms with E-state index >= 15 is 0 Å². The quantitative estimate of drug-likeness (QED) is 0.624. The van der Waals surface area contributed by atoms with Crippen molar-refractivity contribution in [2.24, 2.45) is 22.7 Å². The van der Waals surface area contributed by atoms with Crippen LogP contribution in [-0.2, 0) is 0 Å². The van der Waals surface area contributed by atoms with Gasteiger partial charge < -0.3 is 0 Å². The SMILES string of the molecule is CC1CC(C)C1/C=C1/N=CSC1=[N+](C)C. The highest BCUT2D eigenvalue weighted by Crippen LogP contribution is 2.41. The molecule has 0 aromatic carbocycles. The molecule has 2 rings (SSSR count). The van der Waals surface area contributed by atoms with Gasteiger partial charge in [-0.3, -0.25) is 0 Å². The van der Waals surface area contributed by atoms with Gasteiger partial charge in [-0.05, 0) is 42.0 Å². The third kappa shape index (κ3) is 2.03.